The van der Waals surface area contributed by atoms with Gasteiger partial charge in [0.2, 0.25) is 0 Å². The summed E-state index contributed by atoms with van der Waals surface area (Å²) in [5.41, 5.74) is 7.21. The van der Waals surface area contributed by atoms with Crippen molar-refractivity contribution in [3.8, 4) is 0 Å². The largest absolute Gasteiger partial charge is 0.351 e. The zero-order chi connectivity index (χ0) is 13.6. The summed E-state index contributed by atoms with van der Waals surface area (Å²) in [4.78, 5) is 16.2. The molecule has 0 bridgehead atoms. The summed E-state index contributed by atoms with van der Waals surface area (Å²) >= 11 is 0. The molecule has 0 fully saturated rings. The number of carbonyl (C=O) groups is 1. The van der Waals surface area contributed by atoms with Gasteiger partial charge in [0, 0.05) is 18.4 Å². The molecule has 0 unspecified atom stereocenters. The molecule has 0 aliphatic heterocycles. The number of carbonyl (C=O) groups excluding carboxylic acids is 1. The molecule has 0 atom stereocenters. The van der Waals surface area contributed by atoms with Gasteiger partial charge in [-0.2, -0.15) is 0 Å². The number of aromatic nitrogens is 1. The molecular formula is C14H23N3O. The third-order valence-corrected chi connectivity index (χ3v) is 3.81. The van der Waals surface area contributed by atoms with Gasteiger partial charge >= 0.3 is 0 Å². The lowest BCUT2D eigenvalue weighted by Gasteiger charge is -2.30. The smallest absolute Gasteiger partial charge is 0.253 e. The highest BCUT2D eigenvalue weighted by Crippen LogP contribution is 2.23. The lowest BCUT2D eigenvalue weighted by molar-refractivity contribution is 0.0927. The Labute approximate surface area is 109 Å². The Bertz CT molecular complexity index is 392. The maximum absolute atomic E-state index is 12.1. The summed E-state index contributed by atoms with van der Waals surface area (Å²) in [6.07, 6.45) is 3.62. The van der Waals surface area contributed by atoms with Gasteiger partial charge in [0.05, 0.1) is 5.56 Å². The normalized spacial score (nSPS) is 11.3. The van der Waals surface area contributed by atoms with E-state index in [1.165, 1.54) is 0 Å². The number of nitrogens with one attached hydrogen (secondary N) is 1. The van der Waals surface area contributed by atoms with Gasteiger partial charge < -0.3 is 11.1 Å². The van der Waals surface area contributed by atoms with Crippen molar-refractivity contribution in [3.05, 3.63) is 29.6 Å². The second-order valence-electron chi connectivity index (χ2n) is 4.73. The van der Waals surface area contributed by atoms with E-state index in [-0.39, 0.29) is 11.3 Å². The highest BCUT2D eigenvalue weighted by atomic mass is 16.1. The molecule has 0 saturated carbocycles. The van der Waals surface area contributed by atoms with Crippen molar-refractivity contribution in [1.29, 1.82) is 0 Å². The molecule has 0 aliphatic carbocycles. The van der Waals surface area contributed by atoms with Crippen LogP contribution in [0.2, 0.25) is 0 Å². The molecule has 1 aromatic rings. The fraction of sp³-hybridized carbons (Fsp3) is 0.571. The van der Waals surface area contributed by atoms with Crippen LogP contribution in [0.1, 0.15) is 42.7 Å². The summed E-state index contributed by atoms with van der Waals surface area (Å²) in [7, 11) is 0. The zero-order valence-electron chi connectivity index (χ0n) is 11.5. The molecular weight excluding hydrogens is 226 g/mol. The third-order valence-electron chi connectivity index (χ3n) is 3.81. The quantitative estimate of drug-likeness (QED) is 0.809. The number of amides is 1. The number of rotatable bonds is 6. The number of hydrogen-bond donors (Lipinski definition) is 2. The molecule has 3 N–H and O–H groups in total. The van der Waals surface area contributed by atoms with Gasteiger partial charge in [-0.3, -0.25) is 9.78 Å². The molecule has 0 radical (unpaired) electrons. The van der Waals surface area contributed by atoms with E-state index < -0.39 is 0 Å². The Kier molecular flexibility index (Phi) is 5.28. The fourth-order valence-corrected chi connectivity index (χ4v) is 1.95. The molecule has 0 spiro atoms. The average Bonchev–Trinajstić information content (AvgIpc) is 2.41. The van der Waals surface area contributed by atoms with Crippen LogP contribution in [-0.2, 0) is 0 Å². The van der Waals surface area contributed by atoms with Crippen molar-refractivity contribution in [2.45, 2.75) is 33.6 Å². The molecule has 4 heteroatoms. The van der Waals surface area contributed by atoms with E-state index in [9.17, 15) is 4.79 Å². The number of aryl methyl sites for hydroxylation is 1. The molecule has 0 aromatic carbocycles. The first-order chi connectivity index (χ1) is 8.58. The van der Waals surface area contributed by atoms with Crippen molar-refractivity contribution in [3.63, 3.8) is 0 Å². The first kappa shape index (κ1) is 14.6. The Hall–Kier alpha value is -1.42. The van der Waals surface area contributed by atoms with E-state index in [4.69, 9.17) is 5.73 Å². The van der Waals surface area contributed by atoms with Crippen molar-refractivity contribution in [2.24, 2.45) is 11.1 Å². The SMILES string of the molecule is CCC(CC)(CN)CNC(=O)c1cccnc1C. The van der Waals surface area contributed by atoms with Crippen LogP contribution in [0.4, 0.5) is 0 Å². The lowest BCUT2D eigenvalue weighted by atomic mass is 9.82. The van der Waals surface area contributed by atoms with Gasteiger partial charge in [0.25, 0.3) is 5.91 Å². The van der Waals surface area contributed by atoms with Crippen molar-refractivity contribution < 1.29 is 4.79 Å². The summed E-state index contributed by atoms with van der Waals surface area (Å²) in [6, 6.07) is 3.57. The van der Waals surface area contributed by atoms with Gasteiger partial charge in [0.15, 0.2) is 0 Å². The first-order valence-electron chi connectivity index (χ1n) is 6.48. The lowest BCUT2D eigenvalue weighted by Crippen LogP contribution is -2.42. The summed E-state index contributed by atoms with van der Waals surface area (Å²) < 4.78 is 0. The van der Waals surface area contributed by atoms with Crippen LogP contribution in [0.25, 0.3) is 0 Å². The minimum absolute atomic E-state index is 0.00573. The van der Waals surface area contributed by atoms with Crippen LogP contribution in [0, 0.1) is 12.3 Å². The van der Waals surface area contributed by atoms with Gasteiger partial charge in [-0.25, -0.2) is 0 Å². The minimum atomic E-state index is -0.0691. The second-order valence-corrected chi connectivity index (χ2v) is 4.73. The van der Waals surface area contributed by atoms with E-state index in [2.05, 4.69) is 24.1 Å². The second kappa shape index (κ2) is 6.50. The van der Waals surface area contributed by atoms with Gasteiger partial charge in [-0.15, -0.1) is 0 Å². The molecule has 0 aliphatic rings. The van der Waals surface area contributed by atoms with Crippen LogP contribution >= 0.6 is 0 Å². The number of nitrogens with two attached hydrogens (primary N) is 1. The monoisotopic (exact) mass is 249 g/mol. The van der Waals surface area contributed by atoms with Crippen LogP contribution in [0.15, 0.2) is 18.3 Å². The Morgan fingerprint density at radius 2 is 2.11 bits per heavy atom. The maximum Gasteiger partial charge on any atom is 0.253 e. The minimum Gasteiger partial charge on any atom is -0.351 e. The Balaban J connectivity index is 2.69. The summed E-state index contributed by atoms with van der Waals surface area (Å²) in [5.74, 6) is -0.0691. The van der Waals surface area contributed by atoms with Crippen molar-refractivity contribution >= 4 is 5.91 Å². The molecule has 100 valence electrons. The highest BCUT2D eigenvalue weighted by molar-refractivity contribution is 5.95. The van der Waals surface area contributed by atoms with Crippen LogP contribution in [0.5, 0.6) is 0 Å². The predicted molar refractivity (Wildman–Crippen MR) is 73.4 cm³/mol. The van der Waals surface area contributed by atoms with Gasteiger partial charge in [-0.05, 0) is 43.9 Å². The van der Waals surface area contributed by atoms with E-state index in [0.717, 1.165) is 18.5 Å². The number of pyridine rings is 1. The first-order valence-corrected chi connectivity index (χ1v) is 6.48. The van der Waals surface area contributed by atoms with Crippen LogP contribution < -0.4 is 11.1 Å². The molecule has 1 amide bonds. The molecule has 18 heavy (non-hydrogen) atoms. The Morgan fingerprint density at radius 3 is 2.61 bits per heavy atom. The topological polar surface area (TPSA) is 68.0 Å². The standard InChI is InChI=1S/C14H23N3O/c1-4-14(5-2,9-15)10-17-13(18)12-7-6-8-16-11(12)3/h6-8H,4-5,9-10,15H2,1-3H3,(H,17,18). The van der Waals surface area contributed by atoms with Crippen molar-refractivity contribution in [2.75, 3.05) is 13.1 Å². The third kappa shape index (κ3) is 3.29. The number of nitrogens with zero attached hydrogens (tertiary/aromatic N) is 1. The van der Waals surface area contributed by atoms with E-state index in [0.29, 0.717) is 18.7 Å². The number of hydrogen-bond acceptors (Lipinski definition) is 3. The predicted octanol–water partition coefficient (Wildman–Crippen LogP) is 1.88. The average molecular weight is 249 g/mol. The summed E-state index contributed by atoms with van der Waals surface area (Å²) in [6.45, 7) is 7.26. The van der Waals surface area contributed by atoms with Crippen LogP contribution in [0.3, 0.4) is 0 Å². The molecule has 4 nitrogen and oxygen atoms in total. The van der Waals surface area contributed by atoms with E-state index in [1.807, 2.05) is 6.92 Å². The van der Waals surface area contributed by atoms with Gasteiger partial charge in [-0.1, -0.05) is 13.8 Å². The molecule has 1 heterocycles. The molecule has 1 rings (SSSR count). The summed E-state index contributed by atoms with van der Waals surface area (Å²) in [5, 5.41) is 2.97. The fourth-order valence-electron chi connectivity index (χ4n) is 1.95. The molecule has 0 saturated heterocycles. The molecule has 1 aromatic heterocycles. The van der Waals surface area contributed by atoms with Gasteiger partial charge in [0.1, 0.15) is 0 Å². The zero-order valence-corrected chi connectivity index (χ0v) is 11.5. The highest BCUT2D eigenvalue weighted by Gasteiger charge is 2.25. The van der Waals surface area contributed by atoms with Crippen LogP contribution in [-0.4, -0.2) is 24.0 Å². The Morgan fingerprint density at radius 1 is 1.44 bits per heavy atom. The maximum atomic E-state index is 12.1. The van der Waals surface area contributed by atoms with E-state index in [1.54, 1.807) is 18.3 Å². The van der Waals surface area contributed by atoms with Crippen molar-refractivity contribution in [1.82, 2.24) is 10.3 Å². The van der Waals surface area contributed by atoms with E-state index >= 15 is 0 Å².